The van der Waals surface area contributed by atoms with Crippen molar-refractivity contribution in [3.63, 3.8) is 0 Å². The van der Waals surface area contributed by atoms with Gasteiger partial charge in [-0.2, -0.15) is 4.68 Å². The van der Waals surface area contributed by atoms with Gasteiger partial charge in [-0.3, -0.25) is 14.9 Å². The van der Waals surface area contributed by atoms with Crippen LogP contribution < -0.4 is 10.1 Å². The van der Waals surface area contributed by atoms with E-state index in [1.54, 1.807) is 18.2 Å². The number of carbonyl (C=O) groups excluding carboxylic acids is 1. The number of nitro benzene ring substituents is 1. The number of hydrogen-bond acceptors (Lipinski definition) is 7. The van der Waals surface area contributed by atoms with Crippen molar-refractivity contribution in [2.45, 2.75) is 20.4 Å². The molecular formula is C19H16ClN5O6. The van der Waals surface area contributed by atoms with Crippen molar-refractivity contribution in [2.75, 3.05) is 5.32 Å². The third-order valence-electron chi connectivity index (χ3n) is 4.19. The minimum atomic E-state index is -0.751. The Kier molecular flexibility index (Phi) is 6.16. The number of hydrogen-bond donors (Lipinski definition) is 1. The molecule has 0 aliphatic heterocycles. The molecule has 0 aliphatic carbocycles. The van der Waals surface area contributed by atoms with Crippen LogP contribution in [0.25, 0.3) is 0 Å². The molecule has 12 heteroatoms. The highest BCUT2D eigenvalue weighted by Gasteiger charge is 2.25. The molecule has 11 nitrogen and oxygen atoms in total. The molecule has 1 amide bonds. The minimum Gasteiger partial charge on any atom is -0.457 e. The van der Waals surface area contributed by atoms with Crippen LogP contribution in [0.5, 0.6) is 11.5 Å². The molecule has 1 heterocycles. The molecule has 31 heavy (non-hydrogen) atoms. The fourth-order valence-electron chi connectivity index (χ4n) is 2.75. The number of aryl methyl sites for hydroxylation is 1. The zero-order chi connectivity index (χ0) is 22.7. The lowest BCUT2D eigenvalue weighted by Gasteiger charge is -2.10. The molecule has 0 unspecified atom stereocenters. The summed E-state index contributed by atoms with van der Waals surface area (Å²) in [6.45, 7) is 2.98. The summed E-state index contributed by atoms with van der Waals surface area (Å²) in [6, 6.07) is 10.9. The largest absolute Gasteiger partial charge is 0.457 e. The van der Waals surface area contributed by atoms with Crippen LogP contribution in [-0.4, -0.2) is 25.5 Å². The summed E-state index contributed by atoms with van der Waals surface area (Å²) in [4.78, 5) is 33.3. The number of nitrogens with one attached hydrogen (secondary N) is 1. The standard InChI is InChI=1S/C19H16ClN5O6/c1-11-4-3-5-15(6-11)31-16-8-13(7-14(9-16)24(27)28)21-17(26)10-23-12(2)18(20)19(22-23)25(29)30/h3-9H,10H2,1-2H3,(H,21,26). The van der Waals surface area contributed by atoms with Crippen molar-refractivity contribution in [3.05, 3.63) is 79.0 Å². The molecule has 0 saturated heterocycles. The monoisotopic (exact) mass is 445 g/mol. The Balaban J connectivity index is 1.82. The molecule has 1 N–H and O–H groups in total. The van der Waals surface area contributed by atoms with Crippen LogP contribution in [0, 0.1) is 34.1 Å². The molecule has 2 aromatic carbocycles. The Bertz CT molecular complexity index is 1190. The third-order valence-corrected chi connectivity index (χ3v) is 4.64. The molecule has 3 aromatic rings. The van der Waals surface area contributed by atoms with Crippen molar-refractivity contribution in [1.29, 1.82) is 0 Å². The molecule has 0 fully saturated rings. The summed E-state index contributed by atoms with van der Waals surface area (Å²) in [7, 11) is 0. The van der Waals surface area contributed by atoms with Crippen LogP contribution >= 0.6 is 11.6 Å². The number of halogens is 1. The van der Waals surface area contributed by atoms with Crippen LogP contribution in [0.1, 0.15) is 11.3 Å². The van der Waals surface area contributed by atoms with E-state index in [9.17, 15) is 25.0 Å². The Hall–Kier alpha value is -3.99. The summed E-state index contributed by atoms with van der Waals surface area (Å²) in [5.41, 5.74) is 1.02. The summed E-state index contributed by atoms with van der Waals surface area (Å²) in [5.74, 6) is -0.536. The lowest BCUT2D eigenvalue weighted by molar-refractivity contribution is -0.389. The van der Waals surface area contributed by atoms with Gasteiger partial charge >= 0.3 is 5.82 Å². The number of nitro groups is 2. The minimum absolute atomic E-state index is 0.118. The van der Waals surface area contributed by atoms with Crippen molar-refractivity contribution < 1.29 is 19.4 Å². The molecule has 0 aliphatic rings. The summed E-state index contributed by atoms with van der Waals surface area (Å²) >= 11 is 5.87. The van der Waals surface area contributed by atoms with Crippen molar-refractivity contribution >= 4 is 34.7 Å². The van der Waals surface area contributed by atoms with E-state index in [1.165, 1.54) is 25.1 Å². The van der Waals surface area contributed by atoms with E-state index < -0.39 is 21.6 Å². The van der Waals surface area contributed by atoms with Gasteiger partial charge in [-0.1, -0.05) is 23.7 Å². The number of benzene rings is 2. The van der Waals surface area contributed by atoms with E-state index in [1.807, 2.05) is 13.0 Å². The van der Waals surface area contributed by atoms with Gasteiger partial charge in [0.15, 0.2) is 5.02 Å². The quantitative estimate of drug-likeness (QED) is 0.419. The molecule has 0 saturated carbocycles. The second-order valence-electron chi connectivity index (χ2n) is 6.58. The summed E-state index contributed by atoms with van der Waals surface area (Å²) < 4.78 is 6.77. The van der Waals surface area contributed by atoms with Gasteiger partial charge in [0.05, 0.1) is 27.5 Å². The predicted molar refractivity (Wildman–Crippen MR) is 112 cm³/mol. The maximum Gasteiger partial charge on any atom is 0.408 e. The molecule has 160 valence electrons. The Labute approximate surface area is 180 Å². The predicted octanol–water partition coefficient (Wildman–Crippen LogP) is 4.40. The maximum absolute atomic E-state index is 12.4. The summed E-state index contributed by atoms with van der Waals surface area (Å²) in [5, 5.41) is 28.3. The van der Waals surface area contributed by atoms with E-state index in [-0.39, 0.29) is 34.4 Å². The molecule has 0 radical (unpaired) electrons. The van der Waals surface area contributed by atoms with Crippen LogP contribution in [0.3, 0.4) is 0 Å². The first-order chi connectivity index (χ1) is 14.6. The van der Waals surface area contributed by atoms with E-state index in [2.05, 4.69) is 10.4 Å². The van der Waals surface area contributed by atoms with Gasteiger partial charge in [-0.25, -0.2) is 0 Å². The highest BCUT2D eigenvalue weighted by atomic mass is 35.5. The van der Waals surface area contributed by atoms with Crippen LogP contribution in [-0.2, 0) is 11.3 Å². The van der Waals surface area contributed by atoms with Gasteiger partial charge < -0.3 is 20.2 Å². The second kappa shape index (κ2) is 8.79. The van der Waals surface area contributed by atoms with Gasteiger partial charge in [0, 0.05) is 12.1 Å². The van der Waals surface area contributed by atoms with Crippen molar-refractivity contribution in [3.8, 4) is 11.5 Å². The first-order valence-electron chi connectivity index (χ1n) is 8.85. The van der Waals surface area contributed by atoms with Crippen molar-refractivity contribution in [2.24, 2.45) is 0 Å². The highest BCUT2D eigenvalue weighted by molar-refractivity contribution is 6.33. The highest BCUT2D eigenvalue weighted by Crippen LogP contribution is 2.30. The average molecular weight is 446 g/mol. The van der Waals surface area contributed by atoms with Crippen LogP contribution in [0.4, 0.5) is 17.2 Å². The van der Waals surface area contributed by atoms with E-state index >= 15 is 0 Å². The van der Waals surface area contributed by atoms with Gasteiger partial charge in [-0.15, -0.1) is 0 Å². The number of non-ortho nitro benzene ring substituents is 1. The molecule has 1 aromatic heterocycles. The molecule has 0 spiro atoms. The number of rotatable bonds is 7. The first kappa shape index (κ1) is 21.7. The lowest BCUT2D eigenvalue weighted by atomic mass is 10.2. The summed E-state index contributed by atoms with van der Waals surface area (Å²) in [6.07, 6.45) is 0. The molecular weight excluding hydrogens is 430 g/mol. The van der Waals surface area contributed by atoms with E-state index in [0.29, 0.717) is 5.75 Å². The van der Waals surface area contributed by atoms with E-state index in [4.69, 9.17) is 16.3 Å². The Morgan fingerprint density at radius 1 is 1.13 bits per heavy atom. The number of anilines is 1. The fourth-order valence-corrected chi connectivity index (χ4v) is 2.95. The molecule has 0 atom stereocenters. The zero-order valence-electron chi connectivity index (χ0n) is 16.4. The van der Waals surface area contributed by atoms with Gasteiger partial charge in [0.25, 0.3) is 5.69 Å². The topological polar surface area (TPSA) is 142 Å². The Morgan fingerprint density at radius 3 is 2.48 bits per heavy atom. The SMILES string of the molecule is Cc1cccc(Oc2cc(NC(=O)Cn3nc([N+](=O)[O-])c(Cl)c3C)cc([N+](=O)[O-])c2)c1. The lowest BCUT2D eigenvalue weighted by Crippen LogP contribution is -2.20. The normalized spacial score (nSPS) is 10.5. The molecule has 3 rings (SSSR count). The third kappa shape index (κ3) is 5.14. The van der Waals surface area contributed by atoms with Crippen LogP contribution in [0.2, 0.25) is 5.02 Å². The van der Waals surface area contributed by atoms with E-state index in [0.717, 1.165) is 10.2 Å². The zero-order valence-corrected chi connectivity index (χ0v) is 17.1. The number of carbonyl (C=O) groups is 1. The maximum atomic E-state index is 12.4. The number of amides is 1. The number of ether oxygens (including phenoxy) is 1. The molecule has 0 bridgehead atoms. The average Bonchev–Trinajstić information content (AvgIpc) is 2.96. The van der Waals surface area contributed by atoms with Gasteiger partial charge in [0.1, 0.15) is 18.0 Å². The van der Waals surface area contributed by atoms with Crippen LogP contribution in [0.15, 0.2) is 42.5 Å². The van der Waals surface area contributed by atoms with Gasteiger partial charge in [-0.05, 0) is 36.5 Å². The first-order valence-corrected chi connectivity index (χ1v) is 9.23. The second-order valence-corrected chi connectivity index (χ2v) is 6.96. The number of nitrogens with zero attached hydrogens (tertiary/aromatic N) is 4. The smallest absolute Gasteiger partial charge is 0.408 e. The Morgan fingerprint density at radius 2 is 1.87 bits per heavy atom. The van der Waals surface area contributed by atoms with Gasteiger partial charge in [0.2, 0.25) is 5.91 Å². The van der Waals surface area contributed by atoms with Crippen molar-refractivity contribution in [1.82, 2.24) is 9.78 Å². The fraction of sp³-hybridized carbons (Fsp3) is 0.158. The number of aromatic nitrogens is 2.